The zero-order valence-electron chi connectivity index (χ0n) is 23.4. The zero-order valence-corrected chi connectivity index (χ0v) is 23.4. The van der Waals surface area contributed by atoms with Gasteiger partial charge in [-0.3, -0.25) is 19.5 Å². The molecule has 0 spiro atoms. The lowest BCUT2D eigenvalue weighted by molar-refractivity contribution is -0.219. The molecule has 3 aliphatic carbocycles. The van der Waals surface area contributed by atoms with Gasteiger partial charge in [-0.05, 0) is 50.4 Å². The Morgan fingerprint density at radius 1 is 1.10 bits per heavy atom. The number of unbranched alkanes of at least 4 members (excludes halogenated alkanes) is 1. The number of hydrogen-bond donors (Lipinski definition) is 4. The smallest absolute Gasteiger partial charge is 0.256 e. The largest absolute Gasteiger partial charge is 0.370 e. The van der Waals surface area contributed by atoms with E-state index < -0.39 is 24.2 Å². The van der Waals surface area contributed by atoms with Gasteiger partial charge in [0.05, 0.1) is 35.9 Å². The Bertz CT molecular complexity index is 1040. The standard InChI is InChI=1S/C29H46FN7O3/c30-21-13-19-24-27(25(21)36-10-7-18(31)14-36)40-23-12-17-6-2-1-5-16(17)11-22(23)37(24)15-20(26(19)38)28(39)34-8-3-4-9-35-29(32)33/h15-19,21-25,27H,1-14,31H2,(H,34,39)(H4,32,33,35)/t16?,17?,18-,19?,21?,22?,23?,24?,25?,27?/m1/s1. The van der Waals surface area contributed by atoms with Gasteiger partial charge < -0.3 is 32.2 Å². The molecule has 10 atom stereocenters. The number of fused-ring (bicyclic) bond motifs is 3. The first kappa shape index (κ1) is 27.9. The minimum absolute atomic E-state index is 0.0189. The predicted molar refractivity (Wildman–Crippen MR) is 150 cm³/mol. The molecule has 1 amide bonds. The number of alkyl halides is 1. The van der Waals surface area contributed by atoms with Crippen LogP contribution in [0.15, 0.2) is 16.8 Å². The first-order chi connectivity index (χ1) is 19.3. The molecule has 3 saturated carbocycles. The van der Waals surface area contributed by atoms with Crippen molar-refractivity contribution < 1.29 is 18.7 Å². The average molecular weight is 560 g/mol. The fourth-order valence-corrected chi connectivity index (χ4v) is 8.69. The molecule has 0 radical (unpaired) electrons. The first-order valence-electron chi connectivity index (χ1n) is 15.5. The molecule has 3 aliphatic heterocycles. The number of nitrogens with two attached hydrogens (primary N) is 3. The number of carbonyl (C=O) groups is 2. The summed E-state index contributed by atoms with van der Waals surface area (Å²) in [5.74, 6) is 0.116. The second kappa shape index (κ2) is 11.6. The predicted octanol–water partition coefficient (Wildman–Crippen LogP) is 0.789. The molecule has 11 heteroatoms. The zero-order chi connectivity index (χ0) is 28.0. The number of ketones is 1. The normalized spacial score (nSPS) is 40.9. The van der Waals surface area contributed by atoms with Gasteiger partial charge in [-0.25, -0.2) is 4.39 Å². The van der Waals surface area contributed by atoms with Gasteiger partial charge in [0.25, 0.3) is 5.91 Å². The van der Waals surface area contributed by atoms with E-state index in [1.165, 1.54) is 25.7 Å². The number of likely N-dealkylation sites (tertiary alicyclic amines) is 1. The van der Waals surface area contributed by atoms with Crippen molar-refractivity contribution in [2.24, 2.45) is 39.9 Å². The Balaban J connectivity index is 1.26. The molecule has 9 unspecified atom stereocenters. The fourth-order valence-electron chi connectivity index (χ4n) is 8.69. The van der Waals surface area contributed by atoms with E-state index in [1.807, 2.05) is 6.20 Å². The summed E-state index contributed by atoms with van der Waals surface area (Å²) in [6.45, 7) is 2.32. The number of amides is 1. The number of guanidine groups is 1. The number of ether oxygens (including phenoxy) is 1. The highest BCUT2D eigenvalue weighted by Gasteiger charge is 2.60. The maximum Gasteiger partial charge on any atom is 0.256 e. The summed E-state index contributed by atoms with van der Waals surface area (Å²) in [5, 5.41) is 2.91. The summed E-state index contributed by atoms with van der Waals surface area (Å²) in [6, 6.07) is -0.517. The number of aliphatic imine (C=N–C) groups is 1. The van der Waals surface area contributed by atoms with Crippen LogP contribution in [0, 0.1) is 17.8 Å². The van der Waals surface area contributed by atoms with Gasteiger partial charge in [-0.1, -0.05) is 25.7 Å². The van der Waals surface area contributed by atoms with Crippen molar-refractivity contribution in [3.63, 3.8) is 0 Å². The molecule has 0 aromatic rings. The number of nitrogens with zero attached hydrogens (tertiary/aromatic N) is 3. The third-order valence-corrected chi connectivity index (χ3v) is 10.5. The van der Waals surface area contributed by atoms with Crippen LogP contribution >= 0.6 is 0 Å². The molecule has 6 rings (SSSR count). The van der Waals surface area contributed by atoms with Crippen molar-refractivity contribution in [2.75, 3.05) is 26.2 Å². The van der Waals surface area contributed by atoms with Crippen LogP contribution < -0.4 is 22.5 Å². The second-order valence-corrected chi connectivity index (χ2v) is 13.0. The highest BCUT2D eigenvalue weighted by atomic mass is 19.1. The van der Waals surface area contributed by atoms with Crippen LogP contribution in [0.3, 0.4) is 0 Å². The van der Waals surface area contributed by atoms with Gasteiger partial charge >= 0.3 is 0 Å². The molecule has 222 valence electrons. The van der Waals surface area contributed by atoms with E-state index in [0.717, 1.165) is 32.2 Å². The molecule has 10 nitrogen and oxygen atoms in total. The quantitative estimate of drug-likeness (QED) is 0.155. The Kier molecular flexibility index (Phi) is 8.07. The number of hydrogen-bond acceptors (Lipinski definition) is 7. The topological polar surface area (TPSA) is 152 Å². The van der Waals surface area contributed by atoms with Crippen LogP contribution in [0.4, 0.5) is 4.39 Å². The van der Waals surface area contributed by atoms with E-state index in [9.17, 15) is 9.59 Å². The van der Waals surface area contributed by atoms with E-state index in [0.29, 0.717) is 37.9 Å². The van der Waals surface area contributed by atoms with Gasteiger partial charge in [0.2, 0.25) is 0 Å². The molecule has 0 bridgehead atoms. The van der Waals surface area contributed by atoms with E-state index in [4.69, 9.17) is 21.9 Å². The van der Waals surface area contributed by atoms with E-state index in [1.54, 1.807) is 0 Å². The van der Waals surface area contributed by atoms with Crippen molar-refractivity contribution in [1.82, 2.24) is 15.1 Å². The Morgan fingerprint density at radius 3 is 2.60 bits per heavy atom. The van der Waals surface area contributed by atoms with Crippen LogP contribution in [0.25, 0.3) is 0 Å². The average Bonchev–Trinajstić information content (AvgIpc) is 3.36. The summed E-state index contributed by atoms with van der Waals surface area (Å²) >= 11 is 0. The molecule has 5 fully saturated rings. The Labute approximate surface area is 236 Å². The van der Waals surface area contributed by atoms with Gasteiger partial charge in [0.15, 0.2) is 11.7 Å². The minimum atomic E-state index is -1.21. The lowest BCUT2D eigenvalue weighted by atomic mass is 9.64. The third-order valence-electron chi connectivity index (χ3n) is 10.5. The maximum atomic E-state index is 16.1. The van der Waals surface area contributed by atoms with Crippen molar-refractivity contribution in [3.05, 3.63) is 11.8 Å². The van der Waals surface area contributed by atoms with Crippen LogP contribution in [-0.4, -0.2) is 96.2 Å². The molecule has 6 aliphatic rings. The molecule has 0 aromatic carbocycles. The third kappa shape index (κ3) is 5.25. The summed E-state index contributed by atoms with van der Waals surface area (Å²) in [5.41, 5.74) is 17.1. The van der Waals surface area contributed by atoms with Crippen molar-refractivity contribution >= 4 is 17.6 Å². The SMILES string of the molecule is NC(N)=NCCCCNC(=O)C1=CN2C3CC4CCCCC4CC3OC3C(N4CC[C@@H](N)C4)C(F)CC(C1=O)C32. The number of halogens is 1. The number of Topliss-reactive ketones (excluding diaryl/α,β-unsaturated/α-hetero) is 1. The minimum Gasteiger partial charge on any atom is -0.370 e. The lowest BCUT2D eigenvalue weighted by Crippen LogP contribution is -2.73. The van der Waals surface area contributed by atoms with Crippen LogP contribution in [0.5, 0.6) is 0 Å². The van der Waals surface area contributed by atoms with Crippen molar-refractivity contribution in [3.8, 4) is 0 Å². The van der Waals surface area contributed by atoms with E-state index >= 15 is 4.39 Å². The maximum absolute atomic E-state index is 16.1. The van der Waals surface area contributed by atoms with Crippen LogP contribution in [0.2, 0.25) is 0 Å². The van der Waals surface area contributed by atoms with Gasteiger partial charge in [-0.2, -0.15) is 0 Å². The van der Waals surface area contributed by atoms with Gasteiger partial charge in [-0.15, -0.1) is 0 Å². The number of morpholine rings is 1. The van der Waals surface area contributed by atoms with E-state index in [-0.39, 0.29) is 53.9 Å². The Hall–Kier alpha value is -2.24. The molecule has 2 saturated heterocycles. The number of carbonyl (C=O) groups excluding carboxylic acids is 2. The lowest BCUT2D eigenvalue weighted by Gasteiger charge is -2.61. The second-order valence-electron chi connectivity index (χ2n) is 13.0. The van der Waals surface area contributed by atoms with Crippen molar-refractivity contribution in [1.29, 1.82) is 0 Å². The first-order valence-corrected chi connectivity index (χ1v) is 15.5. The summed E-state index contributed by atoms with van der Waals surface area (Å²) in [6.07, 6.45) is 9.52. The van der Waals surface area contributed by atoms with Gasteiger partial charge in [0.1, 0.15) is 6.17 Å². The molecular weight excluding hydrogens is 513 g/mol. The highest BCUT2D eigenvalue weighted by molar-refractivity contribution is 6.20. The molecular formula is C29H46FN7O3. The summed E-state index contributed by atoms with van der Waals surface area (Å²) in [7, 11) is 0. The molecule has 40 heavy (non-hydrogen) atoms. The fraction of sp³-hybridized carbons (Fsp3) is 0.828. The van der Waals surface area contributed by atoms with E-state index in [2.05, 4.69) is 20.1 Å². The summed E-state index contributed by atoms with van der Waals surface area (Å²) in [4.78, 5) is 35.5. The number of rotatable bonds is 7. The Morgan fingerprint density at radius 2 is 1.88 bits per heavy atom. The van der Waals surface area contributed by atoms with Crippen LogP contribution in [-0.2, 0) is 14.3 Å². The highest BCUT2D eigenvalue weighted by Crippen LogP contribution is 2.50. The molecule has 7 N–H and O–H groups in total. The molecule has 0 aromatic heterocycles. The summed E-state index contributed by atoms with van der Waals surface area (Å²) < 4.78 is 23.0. The van der Waals surface area contributed by atoms with Crippen molar-refractivity contribution in [2.45, 2.75) is 107 Å². The van der Waals surface area contributed by atoms with Gasteiger partial charge in [0, 0.05) is 44.3 Å². The number of nitrogens with one attached hydrogen (secondary N) is 1. The monoisotopic (exact) mass is 559 g/mol. The molecule has 3 heterocycles. The van der Waals surface area contributed by atoms with Crippen LogP contribution in [0.1, 0.15) is 64.2 Å².